The summed E-state index contributed by atoms with van der Waals surface area (Å²) in [6.45, 7) is 1.71. The monoisotopic (exact) mass is 301 g/mol. The normalized spacial score (nSPS) is 24.5. The number of H-pyrrole nitrogens is 1. The van der Waals surface area contributed by atoms with Crippen molar-refractivity contribution in [3.05, 3.63) is 18.2 Å². The van der Waals surface area contributed by atoms with Crippen LogP contribution in [-0.2, 0) is 19.6 Å². The molecule has 0 bridgehead atoms. The molecule has 1 fully saturated rings. The van der Waals surface area contributed by atoms with Gasteiger partial charge in [0, 0.05) is 12.4 Å². The summed E-state index contributed by atoms with van der Waals surface area (Å²) in [7, 11) is -2.32. The minimum atomic E-state index is -3.60. The first-order valence-corrected chi connectivity index (χ1v) is 8.08. The number of esters is 1. The van der Waals surface area contributed by atoms with Gasteiger partial charge in [-0.2, -0.15) is 0 Å². The Morgan fingerprint density at radius 3 is 2.90 bits per heavy atom. The first kappa shape index (κ1) is 15.0. The topological polar surface area (TPSA) is 101 Å². The summed E-state index contributed by atoms with van der Waals surface area (Å²) in [6, 6.07) is -0.464. The molecule has 0 spiro atoms. The number of hydrogen-bond donors (Lipinski definition) is 2. The van der Waals surface area contributed by atoms with Gasteiger partial charge in [0.1, 0.15) is 5.82 Å². The highest BCUT2D eigenvalue weighted by molar-refractivity contribution is 7.90. The SMILES string of the molecule is COC(=O)C1CCCC1S(=O)(=O)NC(C)c1ncc[nH]1. The number of carbonyl (C=O) groups excluding carboxylic acids is 1. The summed E-state index contributed by atoms with van der Waals surface area (Å²) in [6.07, 6.45) is 4.92. The molecule has 2 rings (SSSR count). The number of aromatic amines is 1. The van der Waals surface area contributed by atoms with Gasteiger partial charge in [-0.15, -0.1) is 0 Å². The van der Waals surface area contributed by atoms with Crippen molar-refractivity contribution >= 4 is 16.0 Å². The van der Waals surface area contributed by atoms with Crippen LogP contribution in [0.3, 0.4) is 0 Å². The Kier molecular flexibility index (Phi) is 4.44. The summed E-state index contributed by atoms with van der Waals surface area (Å²) in [5.41, 5.74) is 0. The zero-order valence-corrected chi connectivity index (χ0v) is 12.3. The number of hydrogen-bond acceptors (Lipinski definition) is 5. The van der Waals surface area contributed by atoms with Crippen molar-refractivity contribution in [3.8, 4) is 0 Å². The van der Waals surface area contributed by atoms with Crippen molar-refractivity contribution in [3.63, 3.8) is 0 Å². The number of carbonyl (C=O) groups is 1. The van der Waals surface area contributed by atoms with Crippen LogP contribution in [-0.4, -0.2) is 36.7 Å². The second kappa shape index (κ2) is 5.92. The minimum absolute atomic E-state index is 0.455. The molecule has 1 saturated carbocycles. The highest BCUT2D eigenvalue weighted by atomic mass is 32.2. The molecule has 1 aliphatic rings. The molecule has 112 valence electrons. The van der Waals surface area contributed by atoms with E-state index in [0.29, 0.717) is 25.1 Å². The van der Waals surface area contributed by atoms with Crippen LogP contribution in [0.4, 0.5) is 0 Å². The largest absolute Gasteiger partial charge is 0.469 e. The van der Waals surface area contributed by atoms with Gasteiger partial charge in [-0.1, -0.05) is 6.42 Å². The summed E-state index contributed by atoms with van der Waals surface area (Å²) >= 11 is 0. The van der Waals surface area contributed by atoms with Crippen LogP contribution in [0.1, 0.15) is 38.1 Å². The highest BCUT2D eigenvalue weighted by Gasteiger charge is 2.42. The van der Waals surface area contributed by atoms with Crippen LogP contribution in [0.25, 0.3) is 0 Å². The lowest BCUT2D eigenvalue weighted by atomic mass is 10.1. The molecule has 1 aromatic heterocycles. The van der Waals surface area contributed by atoms with E-state index in [1.54, 1.807) is 19.3 Å². The van der Waals surface area contributed by atoms with Crippen LogP contribution in [0.5, 0.6) is 0 Å². The molecule has 3 unspecified atom stereocenters. The van der Waals surface area contributed by atoms with Gasteiger partial charge in [-0.3, -0.25) is 4.79 Å². The summed E-state index contributed by atoms with van der Waals surface area (Å²) < 4.78 is 32.1. The number of imidazole rings is 1. The second-order valence-electron chi connectivity index (χ2n) is 4.96. The van der Waals surface area contributed by atoms with Crippen LogP contribution in [0.15, 0.2) is 12.4 Å². The fourth-order valence-electron chi connectivity index (χ4n) is 2.62. The molecule has 0 radical (unpaired) electrons. The minimum Gasteiger partial charge on any atom is -0.469 e. The number of sulfonamides is 1. The summed E-state index contributed by atoms with van der Waals surface area (Å²) in [5, 5.41) is -0.729. The fraction of sp³-hybridized carbons (Fsp3) is 0.667. The molecule has 0 aliphatic heterocycles. The van der Waals surface area contributed by atoms with E-state index in [1.807, 2.05) is 0 Å². The standard InChI is InChI=1S/C12H19N3O4S/c1-8(11-13-6-7-14-11)15-20(17,18)10-5-3-4-9(10)12(16)19-2/h6-10,15H,3-5H2,1-2H3,(H,13,14). The highest BCUT2D eigenvalue weighted by Crippen LogP contribution is 2.32. The zero-order valence-electron chi connectivity index (χ0n) is 11.5. The maximum absolute atomic E-state index is 12.4. The van der Waals surface area contributed by atoms with Gasteiger partial charge in [-0.25, -0.2) is 18.1 Å². The van der Waals surface area contributed by atoms with Crippen molar-refractivity contribution in [1.82, 2.24) is 14.7 Å². The van der Waals surface area contributed by atoms with Gasteiger partial charge < -0.3 is 9.72 Å². The predicted octanol–water partition coefficient (Wildman–Crippen LogP) is 0.732. The Hall–Kier alpha value is -1.41. The van der Waals surface area contributed by atoms with Crippen LogP contribution in [0.2, 0.25) is 0 Å². The van der Waals surface area contributed by atoms with Crippen molar-refractivity contribution < 1.29 is 17.9 Å². The van der Waals surface area contributed by atoms with Gasteiger partial charge in [0.25, 0.3) is 0 Å². The number of methoxy groups -OCH3 is 1. The molecular formula is C12H19N3O4S. The average molecular weight is 301 g/mol. The lowest BCUT2D eigenvalue weighted by Gasteiger charge is -2.20. The molecule has 7 nitrogen and oxygen atoms in total. The number of aromatic nitrogens is 2. The quantitative estimate of drug-likeness (QED) is 0.781. The molecular weight excluding hydrogens is 282 g/mol. The van der Waals surface area contributed by atoms with Crippen LogP contribution < -0.4 is 4.72 Å². The molecule has 0 aromatic carbocycles. The van der Waals surface area contributed by atoms with E-state index >= 15 is 0 Å². The molecule has 0 saturated heterocycles. The fourth-order valence-corrected chi connectivity index (χ4v) is 4.56. The Bertz CT molecular complexity index is 555. The molecule has 0 amide bonds. The number of rotatable bonds is 5. The van der Waals surface area contributed by atoms with E-state index in [0.717, 1.165) is 0 Å². The molecule has 8 heteroatoms. The van der Waals surface area contributed by atoms with Crippen LogP contribution in [0, 0.1) is 5.92 Å². The van der Waals surface area contributed by atoms with Gasteiger partial charge in [-0.05, 0) is 19.8 Å². The van der Waals surface area contributed by atoms with E-state index in [1.165, 1.54) is 7.11 Å². The van der Waals surface area contributed by atoms with Crippen molar-refractivity contribution in [2.75, 3.05) is 7.11 Å². The molecule has 3 atom stereocenters. The van der Waals surface area contributed by atoms with Gasteiger partial charge >= 0.3 is 5.97 Å². The lowest BCUT2D eigenvalue weighted by molar-refractivity contribution is -0.145. The third-order valence-corrected chi connectivity index (χ3v) is 5.67. The maximum atomic E-state index is 12.4. The molecule has 1 heterocycles. The second-order valence-corrected chi connectivity index (χ2v) is 6.89. The maximum Gasteiger partial charge on any atom is 0.310 e. The Morgan fingerprint density at radius 1 is 1.55 bits per heavy atom. The molecule has 1 aromatic rings. The third-order valence-electron chi connectivity index (χ3n) is 3.63. The smallest absolute Gasteiger partial charge is 0.310 e. The average Bonchev–Trinajstić information content (AvgIpc) is 3.08. The van der Waals surface area contributed by atoms with Crippen molar-refractivity contribution in [2.24, 2.45) is 5.92 Å². The van der Waals surface area contributed by atoms with Crippen LogP contribution >= 0.6 is 0 Å². The van der Waals surface area contributed by atoms with Gasteiger partial charge in [0.15, 0.2) is 0 Å². The molecule has 1 aliphatic carbocycles. The Morgan fingerprint density at radius 2 is 2.30 bits per heavy atom. The van der Waals surface area contributed by atoms with Crippen molar-refractivity contribution in [2.45, 2.75) is 37.5 Å². The van der Waals surface area contributed by atoms with Gasteiger partial charge in [0.05, 0.1) is 24.3 Å². The first-order valence-electron chi connectivity index (χ1n) is 6.54. The third kappa shape index (κ3) is 3.01. The summed E-state index contributed by atoms with van der Waals surface area (Å²) in [4.78, 5) is 18.5. The first-order chi connectivity index (χ1) is 9.45. The Balaban J connectivity index is 2.11. The zero-order chi connectivity index (χ0) is 14.8. The predicted molar refractivity (Wildman–Crippen MR) is 72.2 cm³/mol. The van der Waals surface area contributed by atoms with E-state index in [9.17, 15) is 13.2 Å². The molecule has 2 N–H and O–H groups in total. The van der Waals surface area contributed by atoms with Gasteiger partial charge in [0.2, 0.25) is 10.0 Å². The van der Waals surface area contributed by atoms with Crippen molar-refractivity contribution in [1.29, 1.82) is 0 Å². The Labute approximate surface area is 118 Å². The lowest BCUT2D eigenvalue weighted by Crippen LogP contribution is -2.40. The van der Waals surface area contributed by atoms with E-state index < -0.39 is 33.2 Å². The van der Waals surface area contributed by atoms with E-state index in [2.05, 4.69) is 19.4 Å². The number of ether oxygens (including phenoxy) is 1. The number of nitrogens with zero attached hydrogens (tertiary/aromatic N) is 1. The summed E-state index contributed by atoms with van der Waals surface area (Å²) in [5.74, 6) is -0.494. The van der Waals surface area contributed by atoms with E-state index in [-0.39, 0.29) is 0 Å². The number of nitrogens with one attached hydrogen (secondary N) is 2. The van der Waals surface area contributed by atoms with E-state index in [4.69, 9.17) is 0 Å². The molecule has 20 heavy (non-hydrogen) atoms.